The predicted octanol–water partition coefficient (Wildman–Crippen LogP) is 4.53. The van der Waals surface area contributed by atoms with E-state index >= 15 is 0 Å². The van der Waals surface area contributed by atoms with E-state index < -0.39 is 0 Å². The number of hydrogen-bond acceptors (Lipinski definition) is 3. The first-order chi connectivity index (χ1) is 10.7. The highest BCUT2D eigenvalue weighted by atomic mass is 16.5. The molecule has 1 aromatic heterocycles. The van der Waals surface area contributed by atoms with E-state index in [-0.39, 0.29) is 0 Å². The number of nitrogens with zero attached hydrogens (tertiary/aromatic N) is 1. The Bertz CT molecular complexity index is 840. The largest absolute Gasteiger partial charge is 0.497 e. The summed E-state index contributed by atoms with van der Waals surface area (Å²) in [5.41, 5.74) is 3.01. The lowest BCUT2D eigenvalue weighted by molar-refractivity contribution is 0.371. The number of hydrogen-bond donors (Lipinski definition) is 0. The Morgan fingerprint density at radius 1 is 1.00 bits per heavy atom. The first kappa shape index (κ1) is 14.1. The molecule has 2 aromatic carbocycles. The van der Waals surface area contributed by atoms with E-state index in [0.717, 1.165) is 27.5 Å². The highest BCUT2D eigenvalue weighted by Crippen LogP contribution is 2.34. The second-order valence-corrected chi connectivity index (χ2v) is 4.93. The first-order valence-electron chi connectivity index (χ1n) is 7.00. The van der Waals surface area contributed by atoms with Gasteiger partial charge in [0.25, 0.3) is 0 Å². The van der Waals surface area contributed by atoms with Crippen molar-refractivity contribution in [3.63, 3.8) is 0 Å². The molecule has 0 saturated carbocycles. The van der Waals surface area contributed by atoms with Crippen molar-refractivity contribution in [2.75, 3.05) is 14.2 Å². The number of benzene rings is 2. The van der Waals surface area contributed by atoms with Crippen LogP contribution in [-0.4, -0.2) is 19.2 Å². The van der Waals surface area contributed by atoms with Crippen LogP contribution < -0.4 is 4.74 Å². The summed E-state index contributed by atoms with van der Waals surface area (Å²) in [4.78, 5) is 4.29. The topological polar surface area (TPSA) is 31.4 Å². The predicted molar refractivity (Wildman–Crippen MR) is 89.8 cm³/mol. The normalized spacial score (nSPS) is 10.5. The van der Waals surface area contributed by atoms with Crippen molar-refractivity contribution in [1.29, 1.82) is 0 Å². The van der Waals surface area contributed by atoms with E-state index in [1.54, 1.807) is 20.4 Å². The Morgan fingerprint density at radius 3 is 2.59 bits per heavy atom. The molecule has 3 nitrogen and oxygen atoms in total. The second kappa shape index (κ2) is 5.90. The van der Waals surface area contributed by atoms with Gasteiger partial charge in [-0.25, -0.2) is 4.98 Å². The van der Waals surface area contributed by atoms with Crippen molar-refractivity contribution in [2.45, 2.75) is 0 Å². The highest BCUT2D eigenvalue weighted by Gasteiger charge is 2.11. The Hall–Kier alpha value is -2.81. The molecule has 0 aliphatic carbocycles. The molecular formula is C19H17NO2. The second-order valence-electron chi connectivity index (χ2n) is 4.93. The molecule has 0 radical (unpaired) electrons. The fraction of sp³-hybridized carbons (Fsp3) is 0.105. The average molecular weight is 291 g/mol. The molecule has 0 aliphatic rings. The Morgan fingerprint density at radius 2 is 1.82 bits per heavy atom. The number of rotatable bonds is 4. The van der Waals surface area contributed by atoms with E-state index in [0.29, 0.717) is 11.6 Å². The van der Waals surface area contributed by atoms with Crippen LogP contribution in [0.5, 0.6) is 5.88 Å². The summed E-state index contributed by atoms with van der Waals surface area (Å²) in [6.07, 6.45) is 1.73. The number of aromatic nitrogens is 1. The lowest BCUT2D eigenvalue weighted by Crippen LogP contribution is -1.92. The van der Waals surface area contributed by atoms with Crippen molar-refractivity contribution < 1.29 is 9.47 Å². The van der Waals surface area contributed by atoms with Crippen LogP contribution >= 0.6 is 0 Å². The summed E-state index contributed by atoms with van der Waals surface area (Å²) in [5, 5.41) is 2.26. The number of pyridine rings is 1. The molecule has 110 valence electrons. The molecule has 0 bridgehead atoms. The minimum absolute atomic E-state index is 0.617. The Kier molecular flexibility index (Phi) is 3.79. The Balaban J connectivity index is 2.27. The lowest BCUT2D eigenvalue weighted by Gasteiger charge is -2.12. The Labute approximate surface area is 129 Å². The van der Waals surface area contributed by atoms with Crippen LogP contribution in [0.1, 0.15) is 5.56 Å². The summed E-state index contributed by atoms with van der Waals surface area (Å²) in [5.74, 6) is 1.26. The van der Waals surface area contributed by atoms with Crippen LogP contribution in [0.25, 0.3) is 27.7 Å². The zero-order valence-corrected chi connectivity index (χ0v) is 12.7. The van der Waals surface area contributed by atoms with Crippen LogP contribution in [0.4, 0.5) is 0 Å². The molecule has 3 rings (SSSR count). The van der Waals surface area contributed by atoms with Crippen LogP contribution in [0.15, 0.2) is 61.3 Å². The molecule has 22 heavy (non-hydrogen) atoms. The summed E-state index contributed by atoms with van der Waals surface area (Å²) in [7, 11) is 3.26. The monoisotopic (exact) mass is 291 g/mol. The zero-order chi connectivity index (χ0) is 15.5. The van der Waals surface area contributed by atoms with Crippen LogP contribution in [-0.2, 0) is 4.74 Å². The number of fused-ring (bicyclic) bond motifs is 1. The quantitative estimate of drug-likeness (QED) is 0.662. The maximum Gasteiger partial charge on any atom is 0.221 e. The molecule has 3 heteroatoms. The third-order valence-corrected chi connectivity index (χ3v) is 3.71. The van der Waals surface area contributed by atoms with E-state index in [1.165, 1.54) is 0 Å². The van der Waals surface area contributed by atoms with Crippen molar-refractivity contribution in [3.05, 3.63) is 66.9 Å². The van der Waals surface area contributed by atoms with Gasteiger partial charge in [-0.1, -0.05) is 36.9 Å². The molecule has 0 saturated heterocycles. The van der Waals surface area contributed by atoms with E-state index in [4.69, 9.17) is 9.47 Å². The summed E-state index contributed by atoms with van der Waals surface area (Å²) < 4.78 is 10.6. The molecule has 0 amide bonds. The van der Waals surface area contributed by atoms with Gasteiger partial charge in [0.05, 0.1) is 14.2 Å². The van der Waals surface area contributed by atoms with Gasteiger partial charge in [0.15, 0.2) is 0 Å². The van der Waals surface area contributed by atoms with E-state index in [1.807, 2.05) is 24.3 Å². The average Bonchev–Trinajstić information content (AvgIpc) is 2.60. The molecule has 0 fully saturated rings. The minimum atomic E-state index is 0.617. The van der Waals surface area contributed by atoms with Crippen molar-refractivity contribution in [1.82, 2.24) is 4.98 Å². The molecule has 0 N–H and O–H groups in total. The van der Waals surface area contributed by atoms with Crippen LogP contribution in [0.3, 0.4) is 0 Å². The van der Waals surface area contributed by atoms with Gasteiger partial charge in [-0.05, 0) is 34.5 Å². The third kappa shape index (κ3) is 2.42. The lowest BCUT2D eigenvalue weighted by atomic mass is 9.97. The molecule has 0 unspecified atom stereocenters. The number of methoxy groups -OCH3 is 2. The zero-order valence-electron chi connectivity index (χ0n) is 12.7. The van der Waals surface area contributed by atoms with Crippen molar-refractivity contribution in [3.8, 4) is 17.0 Å². The van der Waals surface area contributed by atoms with Gasteiger partial charge in [-0.15, -0.1) is 0 Å². The van der Waals surface area contributed by atoms with E-state index in [2.05, 4.69) is 35.8 Å². The van der Waals surface area contributed by atoms with E-state index in [9.17, 15) is 0 Å². The molecule has 1 heterocycles. The standard InChI is InChI=1S/C19H17NO2/c1-13(21-2)15-10-9-14-6-4-7-16(18(14)12-15)17-8-5-11-20-19(17)22-3/h4-12H,1H2,2-3H3. The molecular weight excluding hydrogens is 274 g/mol. The number of ether oxygens (including phenoxy) is 2. The maximum atomic E-state index is 5.39. The van der Waals surface area contributed by atoms with Gasteiger partial charge in [0, 0.05) is 17.3 Å². The van der Waals surface area contributed by atoms with Gasteiger partial charge in [-0.3, -0.25) is 0 Å². The van der Waals surface area contributed by atoms with Gasteiger partial charge < -0.3 is 9.47 Å². The van der Waals surface area contributed by atoms with Gasteiger partial charge in [0.2, 0.25) is 5.88 Å². The highest BCUT2D eigenvalue weighted by molar-refractivity contribution is 5.99. The summed E-state index contributed by atoms with van der Waals surface area (Å²) in [6.45, 7) is 3.93. The fourth-order valence-electron chi connectivity index (χ4n) is 2.56. The van der Waals surface area contributed by atoms with Crippen molar-refractivity contribution >= 4 is 16.5 Å². The molecule has 3 aromatic rings. The summed E-state index contributed by atoms with van der Waals surface area (Å²) >= 11 is 0. The third-order valence-electron chi connectivity index (χ3n) is 3.71. The van der Waals surface area contributed by atoms with Crippen LogP contribution in [0.2, 0.25) is 0 Å². The van der Waals surface area contributed by atoms with Gasteiger partial charge >= 0.3 is 0 Å². The summed E-state index contributed by atoms with van der Waals surface area (Å²) in [6, 6.07) is 16.3. The maximum absolute atomic E-state index is 5.39. The van der Waals surface area contributed by atoms with Gasteiger partial charge in [-0.2, -0.15) is 0 Å². The fourth-order valence-corrected chi connectivity index (χ4v) is 2.56. The molecule has 0 aliphatic heterocycles. The molecule has 0 atom stereocenters. The SMILES string of the molecule is C=C(OC)c1ccc2cccc(-c3cccnc3OC)c2c1. The smallest absolute Gasteiger partial charge is 0.221 e. The molecule has 0 spiro atoms. The van der Waals surface area contributed by atoms with Crippen molar-refractivity contribution in [2.24, 2.45) is 0 Å². The van der Waals surface area contributed by atoms with Gasteiger partial charge in [0.1, 0.15) is 5.76 Å². The first-order valence-corrected chi connectivity index (χ1v) is 7.00. The van der Waals surface area contributed by atoms with Crippen LogP contribution in [0, 0.1) is 0 Å². The minimum Gasteiger partial charge on any atom is -0.497 e.